The number of benzene rings is 2. The fourth-order valence-electron chi connectivity index (χ4n) is 1.68. The lowest BCUT2D eigenvalue weighted by Gasteiger charge is -2.10. The third kappa shape index (κ3) is 3.30. The third-order valence-electron chi connectivity index (χ3n) is 2.60. The van der Waals surface area contributed by atoms with Crippen LogP contribution in [0.3, 0.4) is 0 Å². The van der Waals surface area contributed by atoms with E-state index in [1.54, 1.807) is 12.1 Å². The van der Waals surface area contributed by atoms with Gasteiger partial charge in [0.15, 0.2) is 0 Å². The van der Waals surface area contributed by atoms with E-state index in [1.807, 2.05) is 0 Å². The second kappa shape index (κ2) is 5.96. The molecule has 7 heteroatoms. The zero-order chi connectivity index (χ0) is 14.7. The van der Waals surface area contributed by atoms with Gasteiger partial charge >= 0.3 is 0 Å². The molecule has 0 aliphatic carbocycles. The van der Waals surface area contributed by atoms with Crippen LogP contribution in [0.2, 0.25) is 0 Å². The van der Waals surface area contributed by atoms with Crippen molar-refractivity contribution in [1.82, 2.24) is 0 Å². The molecule has 0 unspecified atom stereocenters. The number of nitro benzene ring substituents is 1. The van der Waals surface area contributed by atoms with Gasteiger partial charge in [-0.15, -0.1) is 0 Å². The van der Waals surface area contributed by atoms with Crippen LogP contribution in [0.15, 0.2) is 40.9 Å². The van der Waals surface area contributed by atoms with Gasteiger partial charge in [0, 0.05) is 29.2 Å². The molecular formula is C13H9BrF2N2O2. The summed E-state index contributed by atoms with van der Waals surface area (Å²) in [5.74, 6) is -1.42. The van der Waals surface area contributed by atoms with Gasteiger partial charge < -0.3 is 5.32 Å². The predicted molar refractivity (Wildman–Crippen MR) is 74.5 cm³/mol. The molecule has 1 N–H and O–H groups in total. The molecule has 2 aromatic rings. The van der Waals surface area contributed by atoms with E-state index < -0.39 is 16.6 Å². The molecule has 4 nitrogen and oxygen atoms in total. The van der Waals surface area contributed by atoms with Crippen LogP contribution in [-0.4, -0.2) is 4.92 Å². The van der Waals surface area contributed by atoms with E-state index in [9.17, 15) is 18.9 Å². The molecule has 0 spiro atoms. The van der Waals surface area contributed by atoms with Gasteiger partial charge in [-0.25, -0.2) is 8.78 Å². The number of nitrogens with zero attached hydrogens (tertiary/aromatic N) is 1. The van der Waals surface area contributed by atoms with Crippen LogP contribution in [0, 0.1) is 21.7 Å². The maximum atomic E-state index is 13.6. The summed E-state index contributed by atoms with van der Waals surface area (Å²) in [4.78, 5) is 10.1. The molecule has 0 saturated carbocycles. The summed E-state index contributed by atoms with van der Waals surface area (Å²) < 4.78 is 26.8. The van der Waals surface area contributed by atoms with Crippen molar-refractivity contribution in [3.05, 3.63) is 68.2 Å². The lowest BCUT2D eigenvalue weighted by atomic mass is 10.2. The van der Waals surface area contributed by atoms with Gasteiger partial charge in [0.2, 0.25) is 0 Å². The minimum atomic E-state index is -0.734. The summed E-state index contributed by atoms with van der Waals surface area (Å²) in [7, 11) is 0. The van der Waals surface area contributed by atoms with Crippen molar-refractivity contribution >= 4 is 27.3 Å². The lowest BCUT2D eigenvalue weighted by Crippen LogP contribution is -2.03. The quantitative estimate of drug-likeness (QED) is 0.667. The van der Waals surface area contributed by atoms with Crippen LogP contribution >= 0.6 is 15.9 Å². The van der Waals surface area contributed by atoms with E-state index in [0.29, 0.717) is 5.56 Å². The van der Waals surface area contributed by atoms with Crippen molar-refractivity contribution in [2.75, 3.05) is 5.32 Å². The number of rotatable bonds is 4. The summed E-state index contributed by atoms with van der Waals surface area (Å²) in [5, 5.41) is 13.4. The fourth-order valence-corrected chi connectivity index (χ4v) is 2.23. The van der Waals surface area contributed by atoms with E-state index in [0.717, 1.165) is 12.1 Å². The Hall–Kier alpha value is -2.02. The molecule has 2 rings (SSSR count). The maximum Gasteiger partial charge on any atom is 0.269 e. The van der Waals surface area contributed by atoms with Gasteiger partial charge in [0.25, 0.3) is 5.69 Å². The lowest BCUT2D eigenvalue weighted by molar-refractivity contribution is -0.384. The van der Waals surface area contributed by atoms with Crippen LogP contribution in [0.1, 0.15) is 5.56 Å². The summed E-state index contributed by atoms with van der Waals surface area (Å²) >= 11 is 3.06. The van der Waals surface area contributed by atoms with Gasteiger partial charge in [-0.05, 0) is 27.6 Å². The minimum Gasteiger partial charge on any atom is -0.378 e. The highest BCUT2D eigenvalue weighted by Crippen LogP contribution is 2.27. The largest absolute Gasteiger partial charge is 0.378 e. The van der Waals surface area contributed by atoms with E-state index >= 15 is 0 Å². The molecule has 0 atom stereocenters. The molecule has 2 aromatic carbocycles. The molecule has 104 valence electrons. The minimum absolute atomic E-state index is 0.0389. The number of anilines is 1. The highest BCUT2D eigenvalue weighted by Gasteiger charge is 2.10. The Labute approximate surface area is 121 Å². The first kappa shape index (κ1) is 14.4. The summed E-state index contributed by atoms with van der Waals surface area (Å²) in [5.41, 5.74) is 0.690. The third-order valence-corrected chi connectivity index (χ3v) is 3.22. The molecular weight excluding hydrogens is 334 g/mol. The Balaban J connectivity index is 2.17. The van der Waals surface area contributed by atoms with Gasteiger partial charge in [-0.1, -0.05) is 12.1 Å². The first-order chi connectivity index (χ1) is 9.47. The zero-order valence-corrected chi connectivity index (χ0v) is 11.7. The molecule has 0 bridgehead atoms. The highest BCUT2D eigenvalue weighted by atomic mass is 79.9. The second-order valence-electron chi connectivity index (χ2n) is 4.02. The monoisotopic (exact) mass is 342 g/mol. The molecule has 0 aliphatic rings. The van der Waals surface area contributed by atoms with Gasteiger partial charge in [0.05, 0.1) is 10.6 Å². The SMILES string of the molecule is O=[N+]([O-])c1cccc(CNc2c(F)cc(F)cc2Br)c1. The molecule has 0 radical (unpaired) electrons. The second-order valence-corrected chi connectivity index (χ2v) is 4.88. The van der Waals surface area contributed by atoms with E-state index in [1.165, 1.54) is 12.1 Å². The normalized spacial score (nSPS) is 10.3. The van der Waals surface area contributed by atoms with E-state index in [-0.39, 0.29) is 22.4 Å². The van der Waals surface area contributed by atoms with Crippen LogP contribution in [0.25, 0.3) is 0 Å². The Kier molecular flexibility index (Phi) is 4.29. The van der Waals surface area contributed by atoms with E-state index in [2.05, 4.69) is 21.2 Å². The van der Waals surface area contributed by atoms with Crippen molar-refractivity contribution < 1.29 is 13.7 Å². The average Bonchev–Trinajstić information content (AvgIpc) is 2.37. The maximum absolute atomic E-state index is 13.6. The van der Waals surface area contributed by atoms with Gasteiger partial charge in [0.1, 0.15) is 11.6 Å². The Morgan fingerprint density at radius 1 is 1.25 bits per heavy atom. The zero-order valence-electron chi connectivity index (χ0n) is 10.1. The average molecular weight is 343 g/mol. The van der Waals surface area contributed by atoms with Gasteiger partial charge in [-0.3, -0.25) is 10.1 Å². The molecule has 0 amide bonds. The molecule has 0 fully saturated rings. The van der Waals surface area contributed by atoms with Crippen LogP contribution in [-0.2, 0) is 6.54 Å². The number of nitro groups is 1. The highest BCUT2D eigenvalue weighted by molar-refractivity contribution is 9.10. The van der Waals surface area contributed by atoms with Crippen molar-refractivity contribution in [3.63, 3.8) is 0 Å². The smallest absolute Gasteiger partial charge is 0.269 e. The van der Waals surface area contributed by atoms with Gasteiger partial charge in [-0.2, -0.15) is 0 Å². The van der Waals surface area contributed by atoms with Crippen molar-refractivity contribution in [3.8, 4) is 0 Å². The Morgan fingerprint density at radius 3 is 2.65 bits per heavy atom. The van der Waals surface area contributed by atoms with Crippen LogP contribution in [0.4, 0.5) is 20.2 Å². The summed E-state index contributed by atoms with van der Waals surface area (Å²) in [6.07, 6.45) is 0. The van der Waals surface area contributed by atoms with Crippen molar-refractivity contribution in [2.24, 2.45) is 0 Å². The summed E-state index contributed by atoms with van der Waals surface area (Å²) in [6.45, 7) is 0.183. The first-order valence-corrected chi connectivity index (χ1v) is 6.38. The molecule has 0 saturated heterocycles. The van der Waals surface area contributed by atoms with Crippen molar-refractivity contribution in [2.45, 2.75) is 6.54 Å². The standard InChI is InChI=1S/C13H9BrF2N2O2/c14-11-5-9(15)6-12(16)13(11)17-7-8-2-1-3-10(4-8)18(19)20/h1-6,17H,7H2. The van der Waals surface area contributed by atoms with E-state index in [4.69, 9.17) is 0 Å². The Morgan fingerprint density at radius 2 is 2.00 bits per heavy atom. The van der Waals surface area contributed by atoms with Crippen LogP contribution < -0.4 is 5.32 Å². The molecule has 20 heavy (non-hydrogen) atoms. The first-order valence-electron chi connectivity index (χ1n) is 5.59. The summed E-state index contributed by atoms with van der Waals surface area (Å²) in [6, 6.07) is 7.89. The van der Waals surface area contributed by atoms with Crippen molar-refractivity contribution in [1.29, 1.82) is 0 Å². The molecule has 0 heterocycles. The number of hydrogen-bond donors (Lipinski definition) is 1. The number of halogens is 3. The molecule has 0 aromatic heterocycles. The number of hydrogen-bond acceptors (Lipinski definition) is 3. The number of nitrogens with one attached hydrogen (secondary N) is 1. The fraction of sp³-hybridized carbons (Fsp3) is 0.0769. The Bertz CT molecular complexity index is 642. The topological polar surface area (TPSA) is 55.2 Å². The van der Waals surface area contributed by atoms with Crippen LogP contribution in [0.5, 0.6) is 0 Å². The number of non-ortho nitro benzene ring substituents is 1. The molecule has 0 aliphatic heterocycles. The predicted octanol–water partition coefficient (Wildman–Crippen LogP) is 4.25.